The Labute approximate surface area is 133 Å². The van der Waals surface area contributed by atoms with Crippen LogP contribution in [0.4, 0.5) is 10.1 Å². The second kappa shape index (κ2) is 6.04. The summed E-state index contributed by atoms with van der Waals surface area (Å²) >= 11 is 0. The Kier molecular flexibility index (Phi) is 3.93. The zero-order valence-corrected chi connectivity index (χ0v) is 12.9. The molecule has 0 aliphatic heterocycles. The summed E-state index contributed by atoms with van der Waals surface area (Å²) in [5.74, 6) is -0.553. The molecule has 2 aromatic carbocycles. The highest BCUT2D eigenvalue weighted by Crippen LogP contribution is 2.17. The summed E-state index contributed by atoms with van der Waals surface area (Å²) in [4.78, 5) is 12.3. The van der Waals surface area contributed by atoms with Crippen LogP contribution < -0.4 is 5.32 Å². The van der Waals surface area contributed by atoms with Crippen molar-refractivity contribution in [2.75, 3.05) is 5.32 Å². The average molecular weight is 309 g/mol. The largest absolute Gasteiger partial charge is 0.322 e. The van der Waals surface area contributed by atoms with Crippen LogP contribution in [-0.2, 0) is 0 Å². The molecule has 0 aliphatic rings. The monoisotopic (exact) mass is 309 g/mol. The summed E-state index contributed by atoms with van der Waals surface area (Å²) in [5.41, 5.74) is 3.72. The number of anilines is 1. The molecule has 1 amide bonds. The standard InChI is InChI=1S/C18H16FN3O/c1-12-11-15(19)5-8-17(12)21-18(23)14-3-6-16(7-4-14)22-13(2)9-10-20-22/h3-11H,1-2H3,(H,21,23). The van der Waals surface area contributed by atoms with Gasteiger partial charge in [-0.1, -0.05) is 0 Å². The summed E-state index contributed by atoms with van der Waals surface area (Å²) in [6, 6.07) is 13.3. The lowest BCUT2D eigenvalue weighted by Crippen LogP contribution is -2.13. The first-order valence-corrected chi connectivity index (χ1v) is 7.23. The number of carbonyl (C=O) groups is 1. The van der Waals surface area contributed by atoms with Gasteiger partial charge in [0.2, 0.25) is 0 Å². The molecule has 1 aromatic heterocycles. The number of halogens is 1. The van der Waals surface area contributed by atoms with Crippen LogP contribution in [0.5, 0.6) is 0 Å². The number of aromatic nitrogens is 2. The number of carbonyl (C=O) groups excluding carboxylic acids is 1. The molecule has 0 radical (unpaired) electrons. The predicted octanol–water partition coefficient (Wildman–Crippen LogP) is 3.88. The Hall–Kier alpha value is -2.95. The van der Waals surface area contributed by atoms with Crippen molar-refractivity contribution in [3.05, 3.63) is 77.4 Å². The molecule has 23 heavy (non-hydrogen) atoms. The third-order valence-corrected chi connectivity index (χ3v) is 3.64. The van der Waals surface area contributed by atoms with Crippen molar-refractivity contribution in [2.45, 2.75) is 13.8 Å². The highest BCUT2D eigenvalue weighted by atomic mass is 19.1. The Morgan fingerprint density at radius 1 is 1.09 bits per heavy atom. The van der Waals surface area contributed by atoms with Crippen LogP contribution >= 0.6 is 0 Å². The lowest BCUT2D eigenvalue weighted by atomic mass is 10.1. The SMILES string of the molecule is Cc1cc(F)ccc1NC(=O)c1ccc(-n2nccc2C)cc1. The third kappa shape index (κ3) is 3.13. The smallest absolute Gasteiger partial charge is 0.255 e. The van der Waals surface area contributed by atoms with Gasteiger partial charge in [-0.05, 0) is 67.9 Å². The van der Waals surface area contributed by atoms with E-state index in [4.69, 9.17) is 0 Å². The van der Waals surface area contributed by atoms with Gasteiger partial charge in [0.1, 0.15) is 5.82 Å². The van der Waals surface area contributed by atoms with E-state index in [1.807, 2.05) is 25.1 Å². The number of amides is 1. The number of nitrogens with zero attached hydrogens (tertiary/aromatic N) is 2. The van der Waals surface area contributed by atoms with Crippen LogP contribution in [0, 0.1) is 19.7 Å². The maximum atomic E-state index is 13.1. The molecule has 1 N–H and O–H groups in total. The fraction of sp³-hybridized carbons (Fsp3) is 0.111. The van der Waals surface area contributed by atoms with E-state index in [0.29, 0.717) is 16.8 Å². The van der Waals surface area contributed by atoms with E-state index in [2.05, 4.69) is 10.4 Å². The topological polar surface area (TPSA) is 46.9 Å². The van der Waals surface area contributed by atoms with Crippen LogP contribution in [0.1, 0.15) is 21.6 Å². The van der Waals surface area contributed by atoms with Crippen molar-refractivity contribution in [3.8, 4) is 5.69 Å². The molecule has 0 fully saturated rings. The number of nitrogens with one attached hydrogen (secondary N) is 1. The normalized spacial score (nSPS) is 10.6. The first-order valence-electron chi connectivity index (χ1n) is 7.23. The fourth-order valence-corrected chi connectivity index (χ4v) is 2.36. The van der Waals surface area contributed by atoms with Crippen LogP contribution in [0.25, 0.3) is 5.69 Å². The molecule has 3 aromatic rings. The molecule has 5 heteroatoms. The van der Waals surface area contributed by atoms with Gasteiger partial charge >= 0.3 is 0 Å². The molecule has 0 bridgehead atoms. The van der Waals surface area contributed by atoms with Gasteiger partial charge in [-0.2, -0.15) is 5.10 Å². The lowest BCUT2D eigenvalue weighted by Gasteiger charge is -2.09. The Morgan fingerprint density at radius 3 is 2.43 bits per heavy atom. The maximum Gasteiger partial charge on any atom is 0.255 e. The van der Waals surface area contributed by atoms with E-state index >= 15 is 0 Å². The maximum absolute atomic E-state index is 13.1. The first kappa shape index (κ1) is 15.0. The van der Waals surface area contributed by atoms with E-state index in [-0.39, 0.29) is 11.7 Å². The zero-order valence-electron chi connectivity index (χ0n) is 12.9. The van der Waals surface area contributed by atoms with Crippen molar-refractivity contribution in [3.63, 3.8) is 0 Å². The zero-order chi connectivity index (χ0) is 16.4. The highest BCUT2D eigenvalue weighted by molar-refractivity contribution is 6.04. The van der Waals surface area contributed by atoms with E-state index < -0.39 is 0 Å². The number of hydrogen-bond acceptors (Lipinski definition) is 2. The molecule has 0 spiro atoms. The molecule has 0 unspecified atom stereocenters. The van der Waals surface area contributed by atoms with E-state index in [1.54, 1.807) is 36.0 Å². The summed E-state index contributed by atoms with van der Waals surface area (Å²) in [5, 5.41) is 7.02. The molecular weight excluding hydrogens is 293 g/mol. The summed E-state index contributed by atoms with van der Waals surface area (Å²) in [7, 11) is 0. The number of rotatable bonds is 3. The highest BCUT2D eigenvalue weighted by Gasteiger charge is 2.09. The van der Waals surface area contributed by atoms with Gasteiger partial charge in [-0.3, -0.25) is 4.79 Å². The van der Waals surface area contributed by atoms with Gasteiger partial charge in [0.05, 0.1) is 5.69 Å². The van der Waals surface area contributed by atoms with E-state index in [9.17, 15) is 9.18 Å². The van der Waals surface area contributed by atoms with Gasteiger partial charge in [-0.15, -0.1) is 0 Å². The van der Waals surface area contributed by atoms with E-state index in [0.717, 1.165) is 11.4 Å². The molecule has 116 valence electrons. The molecule has 0 atom stereocenters. The molecular formula is C18H16FN3O. The number of aryl methyl sites for hydroxylation is 2. The van der Waals surface area contributed by atoms with Gasteiger partial charge in [0, 0.05) is 23.1 Å². The third-order valence-electron chi connectivity index (χ3n) is 3.64. The number of hydrogen-bond donors (Lipinski definition) is 1. The van der Waals surface area contributed by atoms with Gasteiger partial charge in [0.25, 0.3) is 5.91 Å². The van der Waals surface area contributed by atoms with Crippen molar-refractivity contribution < 1.29 is 9.18 Å². The first-order chi connectivity index (χ1) is 11.0. The van der Waals surface area contributed by atoms with Gasteiger partial charge in [-0.25, -0.2) is 9.07 Å². The van der Waals surface area contributed by atoms with Crippen LogP contribution in [0.3, 0.4) is 0 Å². The summed E-state index contributed by atoms with van der Waals surface area (Å²) < 4.78 is 14.9. The fourth-order valence-electron chi connectivity index (χ4n) is 2.36. The second-order valence-electron chi connectivity index (χ2n) is 5.34. The Balaban J connectivity index is 1.79. The average Bonchev–Trinajstić information content (AvgIpc) is 2.96. The van der Waals surface area contributed by atoms with Crippen LogP contribution in [0.2, 0.25) is 0 Å². The second-order valence-corrected chi connectivity index (χ2v) is 5.34. The van der Waals surface area contributed by atoms with Crippen molar-refractivity contribution >= 4 is 11.6 Å². The Morgan fingerprint density at radius 2 is 1.83 bits per heavy atom. The lowest BCUT2D eigenvalue weighted by molar-refractivity contribution is 0.102. The van der Waals surface area contributed by atoms with Crippen molar-refractivity contribution in [1.29, 1.82) is 0 Å². The summed E-state index contributed by atoms with van der Waals surface area (Å²) in [6.45, 7) is 3.72. The number of benzene rings is 2. The van der Waals surface area contributed by atoms with Crippen LogP contribution in [0.15, 0.2) is 54.7 Å². The van der Waals surface area contributed by atoms with Gasteiger partial charge in [0.15, 0.2) is 0 Å². The molecule has 0 saturated carbocycles. The van der Waals surface area contributed by atoms with E-state index in [1.165, 1.54) is 12.1 Å². The minimum absolute atomic E-state index is 0.233. The Bertz CT molecular complexity index is 853. The van der Waals surface area contributed by atoms with Crippen molar-refractivity contribution in [2.24, 2.45) is 0 Å². The molecule has 0 aliphatic carbocycles. The molecule has 1 heterocycles. The molecule has 0 saturated heterocycles. The van der Waals surface area contributed by atoms with Crippen molar-refractivity contribution in [1.82, 2.24) is 9.78 Å². The summed E-state index contributed by atoms with van der Waals surface area (Å²) in [6.07, 6.45) is 1.73. The predicted molar refractivity (Wildman–Crippen MR) is 87.4 cm³/mol. The molecule has 4 nitrogen and oxygen atoms in total. The van der Waals surface area contributed by atoms with Gasteiger partial charge < -0.3 is 5.32 Å². The molecule has 3 rings (SSSR count). The van der Waals surface area contributed by atoms with Crippen LogP contribution in [-0.4, -0.2) is 15.7 Å². The minimum Gasteiger partial charge on any atom is -0.322 e. The minimum atomic E-state index is -0.320. The quantitative estimate of drug-likeness (QED) is 0.798.